The molecule has 1 heterocycles. The minimum absolute atomic E-state index is 0.0950. The molecule has 2 N–H and O–H groups in total. The van der Waals surface area contributed by atoms with Crippen molar-refractivity contribution in [2.75, 3.05) is 0 Å². The highest BCUT2D eigenvalue weighted by Gasteiger charge is 2.09. The van der Waals surface area contributed by atoms with E-state index in [0.717, 1.165) is 12.2 Å². The molecule has 5 nitrogen and oxygen atoms in total. The predicted molar refractivity (Wildman–Crippen MR) is 77.9 cm³/mol. The Labute approximate surface area is 124 Å². The van der Waals surface area contributed by atoms with E-state index in [1.807, 2.05) is 29.5 Å². The first-order valence-electron chi connectivity index (χ1n) is 5.80. The van der Waals surface area contributed by atoms with Crippen molar-refractivity contribution < 1.29 is 14.3 Å². The molecule has 1 aromatic carbocycles. The fourth-order valence-electron chi connectivity index (χ4n) is 1.51. The van der Waals surface area contributed by atoms with Gasteiger partial charge in [-0.2, -0.15) is 0 Å². The van der Waals surface area contributed by atoms with Gasteiger partial charge in [0.1, 0.15) is 11.5 Å². The lowest BCUT2D eigenvalue weighted by atomic mass is 10.2. The fourth-order valence-corrected chi connectivity index (χ4v) is 1.84. The molecule has 0 unspecified atom stereocenters. The molecule has 1 amide bonds. The van der Waals surface area contributed by atoms with E-state index in [2.05, 4.69) is 10.3 Å². The molecule has 0 aliphatic heterocycles. The van der Waals surface area contributed by atoms with Crippen LogP contribution in [0, 0.1) is 3.57 Å². The van der Waals surface area contributed by atoms with Gasteiger partial charge in [0.15, 0.2) is 0 Å². The van der Waals surface area contributed by atoms with Crippen LogP contribution in [0.3, 0.4) is 0 Å². The van der Waals surface area contributed by atoms with Gasteiger partial charge in [-0.25, -0.2) is 4.98 Å². The number of amides is 1. The minimum Gasteiger partial charge on any atom is -0.507 e. The largest absolute Gasteiger partial charge is 0.507 e. The Morgan fingerprint density at radius 1 is 1.53 bits per heavy atom. The number of phenols is 1. The molecule has 0 aliphatic rings. The number of benzene rings is 1. The first kappa shape index (κ1) is 13.9. The number of carbonyl (C=O) groups excluding carboxylic acids is 1. The highest BCUT2D eigenvalue weighted by molar-refractivity contribution is 14.1. The molecule has 0 saturated heterocycles. The molecule has 0 spiro atoms. The summed E-state index contributed by atoms with van der Waals surface area (Å²) in [6, 6.07) is 4.78. The average Bonchev–Trinajstić information content (AvgIpc) is 2.87. The van der Waals surface area contributed by atoms with E-state index < -0.39 is 0 Å². The predicted octanol–water partition coefficient (Wildman–Crippen LogP) is 2.48. The van der Waals surface area contributed by atoms with Crippen LogP contribution in [-0.2, 0) is 13.0 Å². The van der Waals surface area contributed by atoms with Crippen LogP contribution in [-0.4, -0.2) is 16.0 Å². The van der Waals surface area contributed by atoms with Gasteiger partial charge in [0, 0.05) is 12.0 Å². The van der Waals surface area contributed by atoms with Crippen LogP contribution in [0.15, 0.2) is 28.8 Å². The zero-order valence-electron chi connectivity index (χ0n) is 10.3. The lowest BCUT2D eigenvalue weighted by molar-refractivity contribution is 0.0946. The molecule has 0 radical (unpaired) electrons. The summed E-state index contributed by atoms with van der Waals surface area (Å²) in [6.07, 6.45) is 2.42. The summed E-state index contributed by atoms with van der Waals surface area (Å²) >= 11 is 2.00. The van der Waals surface area contributed by atoms with Crippen LogP contribution in [0.25, 0.3) is 0 Å². The van der Waals surface area contributed by atoms with Crippen LogP contribution in [0.4, 0.5) is 0 Å². The molecular formula is C13H13IN2O3. The van der Waals surface area contributed by atoms with Crippen molar-refractivity contribution in [3.05, 3.63) is 45.2 Å². The number of oxazole rings is 1. The van der Waals surface area contributed by atoms with E-state index in [-0.39, 0.29) is 18.2 Å². The van der Waals surface area contributed by atoms with Gasteiger partial charge in [0.05, 0.1) is 16.3 Å². The lowest BCUT2D eigenvalue weighted by Crippen LogP contribution is -2.22. The van der Waals surface area contributed by atoms with Gasteiger partial charge in [0.2, 0.25) is 5.89 Å². The number of aromatic hydroxyl groups is 1. The summed E-state index contributed by atoms with van der Waals surface area (Å²) in [5.41, 5.74) is 0.403. The van der Waals surface area contributed by atoms with Gasteiger partial charge in [-0.1, -0.05) is 6.92 Å². The summed E-state index contributed by atoms with van der Waals surface area (Å²) in [5, 5.41) is 12.2. The van der Waals surface area contributed by atoms with Gasteiger partial charge < -0.3 is 14.8 Å². The van der Waals surface area contributed by atoms with E-state index in [1.165, 1.54) is 6.07 Å². The van der Waals surface area contributed by atoms with Crippen molar-refractivity contribution >= 4 is 28.5 Å². The van der Waals surface area contributed by atoms with Crippen molar-refractivity contribution in [2.45, 2.75) is 19.9 Å². The maximum Gasteiger partial charge on any atom is 0.251 e. The average molecular weight is 372 g/mol. The molecule has 0 saturated carbocycles. The number of nitrogens with zero attached hydrogens (tertiary/aromatic N) is 1. The number of aromatic nitrogens is 1. The van der Waals surface area contributed by atoms with E-state index in [9.17, 15) is 9.90 Å². The van der Waals surface area contributed by atoms with Crippen molar-refractivity contribution in [1.29, 1.82) is 0 Å². The Kier molecular flexibility index (Phi) is 4.41. The summed E-state index contributed by atoms with van der Waals surface area (Å²) in [7, 11) is 0. The zero-order valence-corrected chi connectivity index (χ0v) is 12.5. The summed E-state index contributed by atoms with van der Waals surface area (Å²) in [6.45, 7) is 2.20. The van der Waals surface area contributed by atoms with Crippen LogP contribution < -0.4 is 5.32 Å². The lowest BCUT2D eigenvalue weighted by Gasteiger charge is -2.04. The number of aryl methyl sites for hydroxylation is 1. The number of rotatable bonds is 4. The quantitative estimate of drug-likeness (QED) is 0.809. The van der Waals surface area contributed by atoms with E-state index in [4.69, 9.17) is 4.42 Å². The molecule has 0 aliphatic carbocycles. The van der Waals surface area contributed by atoms with Gasteiger partial charge >= 0.3 is 0 Å². The number of nitrogens with one attached hydrogen (secondary N) is 1. The molecule has 0 bridgehead atoms. The summed E-state index contributed by atoms with van der Waals surface area (Å²) in [5.74, 6) is 1.08. The van der Waals surface area contributed by atoms with Crippen LogP contribution in [0.5, 0.6) is 5.75 Å². The third kappa shape index (κ3) is 3.46. The van der Waals surface area contributed by atoms with Crippen LogP contribution >= 0.6 is 22.6 Å². The van der Waals surface area contributed by atoms with Crippen molar-refractivity contribution in [3.8, 4) is 5.75 Å². The van der Waals surface area contributed by atoms with Gasteiger partial charge in [-0.05, 0) is 40.8 Å². The molecule has 0 atom stereocenters. The Morgan fingerprint density at radius 3 is 2.95 bits per heavy atom. The third-order valence-corrected chi connectivity index (χ3v) is 3.47. The zero-order chi connectivity index (χ0) is 13.8. The second-order valence-electron chi connectivity index (χ2n) is 3.92. The molecule has 1 aromatic heterocycles. The standard InChI is InChI=1S/C13H13IN2O3/c1-2-9-6-15-12(19-9)7-16-13(18)8-3-4-10(14)11(17)5-8/h3-6,17H,2,7H2,1H3,(H,16,18). The van der Waals surface area contributed by atoms with Gasteiger partial charge in [-0.3, -0.25) is 4.79 Å². The van der Waals surface area contributed by atoms with Gasteiger partial charge in [0.25, 0.3) is 5.91 Å². The van der Waals surface area contributed by atoms with Crippen LogP contribution in [0.1, 0.15) is 28.9 Å². The summed E-state index contributed by atoms with van der Waals surface area (Å²) < 4.78 is 6.09. The van der Waals surface area contributed by atoms with E-state index >= 15 is 0 Å². The SMILES string of the molecule is CCc1cnc(CNC(=O)c2ccc(I)c(O)c2)o1. The maximum atomic E-state index is 11.9. The number of hydrogen-bond acceptors (Lipinski definition) is 4. The van der Waals surface area contributed by atoms with Crippen LogP contribution in [0.2, 0.25) is 0 Å². The smallest absolute Gasteiger partial charge is 0.251 e. The Morgan fingerprint density at radius 2 is 2.32 bits per heavy atom. The highest BCUT2D eigenvalue weighted by Crippen LogP contribution is 2.20. The second-order valence-corrected chi connectivity index (χ2v) is 5.08. The minimum atomic E-state index is -0.275. The maximum absolute atomic E-state index is 11.9. The Bertz CT molecular complexity index is 595. The fraction of sp³-hybridized carbons (Fsp3) is 0.231. The molecule has 0 fully saturated rings. The third-order valence-electron chi connectivity index (χ3n) is 2.56. The molecule has 6 heteroatoms. The van der Waals surface area contributed by atoms with E-state index in [0.29, 0.717) is 15.0 Å². The van der Waals surface area contributed by atoms with Crippen molar-refractivity contribution in [1.82, 2.24) is 10.3 Å². The molecular weight excluding hydrogens is 359 g/mol. The number of halogens is 1. The topological polar surface area (TPSA) is 75.4 Å². The van der Waals surface area contributed by atoms with Gasteiger partial charge in [-0.15, -0.1) is 0 Å². The Hall–Kier alpha value is -1.57. The molecule has 2 rings (SSSR count). The Balaban J connectivity index is 1.99. The first-order valence-corrected chi connectivity index (χ1v) is 6.88. The molecule has 19 heavy (non-hydrogen) atoms. The number of phenolic OH excluding ortho intramolecular Hbond substituents is 1. The molecule has 100 valence electrons. The molecule has 2 aromatic rings. The highest BCUT2D eigenvalue weighted by atomic mass is 127. The number of carbonyl (C=O) groups is 1. The monoisotopic (exact) mass is 372 g/mol. The van der Waals surface area contributed by atoms with Crippen molar-refractivity contribution in [2.24, 2.45) is 0 Å². The normalized spacial score (nSPS) is 10.4. The first-order chi connectivity index (χ1) is 9.10. The number of hydrogen-bond donors (Lipinski definition) is 2. The van der Waals surface area contributed by atoms with Crippen molar-refractivity contribution in [3.63, 3.8) is 0 Å². The second kappa shape index (κ2) is 6.05. The van der Waals surface area contributed by atoms with E-state index in [1.54, 1.807) is 18.3 Å². The summed E-state index contributed by atoms with van der Waals surface area (Å²) in [4.78, 5) is 15.9.